The van der Waals surface area contributed by atoms with Crippen LogP contribution in [0.15, 0.2) is 22.7 Å². The van der Waals surface area contributed by atoms with Crippen LogP contribution in [0, 0.1) is 5.82 Å². The fourth-order valence-electron chi connectivity index (χ4n) is 2.10. The molecule has 1 saturated heterocycles. The molecule has 1 fully saturated rings. The van der Waals surface area contributed by atoms with Crippen molar-refractivity contribution in [2.75, 3.05) is 18.0 Å². The minimum absolute atomic E-state index is 0.0713. The number of halogens is 2. The summed E-state index contributed by atoms with van der Waals surface area (Å²) in [5, 5.41) is 3.23. The zero-order valence-corrected chi connectivity index (χ0v) is 11.8. The van der Waals surface area contributed by atoms with Crippen molar-refractivity contribution in [1.29, 1.82) is 0 Å². The van der Waals surface area contributed by atoms with E-state index in [1.807, 2.05) is 0 Å². The van der Waals surface area contributed by atoms with Gasteiger partial charge in [-0.2, -0.15) is 0 Å². The van der Waals surface area contributed by atoms with Gasteiger partial charge in [-0.25, -0.2) is 4.39 Å². The highest BCUT2D eigenvalue weighted by Gasteiger charge is 2.31. The van der Waals surface area contributed by atoms with Gasteiger partial charge in [0.1, 0.15) is 5.82 Å². The molecule has 5 heteroatoms. The van der Waals surface area contributed by atoms with E-state index in [1.54, 1.807) is 17.0 Å². The van der Waals surface area contributed by atoms with Gasteiger partial charge >= 0.3 is 0 Å². The van der Waals surface area contributed by atoms with Gasteiger partial charge in [0.05, 0.1) is 10.5 Å². The first-order chi connectivity index (χ1) is 8.63. The zero-order chi connectivity index (χ0) is 13.1. The van der Waals surface area contributed by atoms with Crippen molar-refractivity contribution >= 4 is 27.5 Å². The average Bonchev–Trinajstić information content (AvgIpc) is 2.72. The van der Waals surface area contributed by atoms with Gasteiger partial charge in [0, 0.05) is 12.2 Å². The van der Waals surface area contributed by atoms with E-state index in [0.717, 1.165) is 25.1 Å². The number of benzene rings is 1. The molecule has 1 aliphatic heterocycles. The third-order valence-electron chi connectivity index (χ3n) is 3.06. The average molecular weight is 315 g/mol. The first-order valence-corrected chi connectivity index (χ1v) is 6.92. The van der Waals surface area contributed by atoms with Gasteiger partial charge in [-0.15, -0.1) is 0 Å². The van der Waals surface area contributed by atoms with Crippen LogP contribution in [0.25, 0.3) is 0 Å². The van der Waals surface area contributed by atoms with Crippen LogP contribution in [-0.2, 0) is 4.79 Å². The minimum Gasteiger partial charge on any atom is -0.311 e. The quantitative estimate of drug-likeness (QED) is 0.926. The number of nitrogens with zero attached hydrogens (tertiary/aromatic N) is 1. The number of carbonyl (C=O) groups is 1. The molecule has 3 nitrogen and oxygen atoms in total. The van der Waals surface area contributed by atoms with E-state index in [4.69, 9.17) is 0 Å². The molecule has 0 aromatic heterocycles. The molecule has 0 spiro atoms. The molecule has 1 amide bonds. The second kappa shape index (κ2) is 5.80. The van der Waals surface area contributed by atoms with Crippen LogP contribution in [0.1, 0.15) is 19.8 Å². The molecule has 2 rings (SSSR count). The summed E-state index contributed by atoms with van der Waals surface area (Å²) >= 11 is 3.14. The summed E-state index contributed by atoms with van der Waals surface area (Å²) in [7, 11) is 0. The summed E-state index contributed by atoms with van der Waals surface area (Å²) in [6.07, 6.45) is 1.81. The summed E-state index contributed by atoms with van der Waals surface area (Å²) in [4.78, 5) is 13.9. The van der Waals surface area contributed by atoms with Crippen LogP contribution in [0.4, 0.5) is 10.1 Å². The lowest BCUT2D eigenvalue weighted by Crippen LogP contribution is -2.38. The van der Waals surface area contributed by atoms with E-state index in [1.165, 1.54) is 6.07 Å². The molecule has 18 heavy (non-hydrogen) atoms. The standard InChI is InChI=1S/C13H16BrFN2O/c1-2-6-16-12-5-7-17(13(12)18)9-3-4-11(15)10(14)8-9/h3-4,8,12,16H,2,5-7H2,1H3. The topological polar surface area (TPSA) is 32.3 Å². The van der Waals surface area contributed by atoms with Gasteiger partial charge < -0.3 is 10.2 Å². The van der Waals surface area contributed by atoms with Crippen LogP contribution in [-0.4, -0.2) is 25.0 Å². The highest BCUT2D eigenvalue weighted by molar-refractivity contribution is 9.10. The maximum Gasteiger partial charge on any atom is 0.244 e. The van der Waals surface area contributed by atoms with Crippen molar-refractivity contribution in [1.82, 2.24) is 5.32 Å². The van der Waals surface area contributed by atoms with E-state index in [0.29, 0.717) is 11.0 Å². The number of nitrogens with one attached hydrogen (secondary N) is 1. The summed E-state index contributed by atoms with van der Waals surface area (Å²) in [6.45, 7) is 3.59. The summed E-state index contributed by atoms with van der Waals surface area (Å²) < 4.78 is 13.6. The van der Waals surface area contributed by atoms with Gasteiger partial charge in [-0.05, 0) is 53.5 Å². The molecule has 98 valence electrons. The fraction of sp³-hybridized carbons (Fsp3) is 0.462. The fourth-order valence-corrected chi connectivity index (χ4v) is 2.46. The second-order valence-corrected chi connectivity index (χ2v) is 5.24. The van der Waals surface area contributed by atoms with Crippen molar-refractivity contribution in [3.63, 3.8) is 0 Å². The minimum atomic E-state index is -0.314. The second-order valence-electron chi connectivity index (χ2n) is 4.38. The lowest BCUT2D eigenvalue weighted by Gasteiger charge is -2.17. The Labute approximate surface area is 114 Å². The van der Waals surface area contributed by atoms with E-state index in [9.17, 15) is 9.18 Å². The van der Waals surface area contributed by atoms with Gasteiger partial charge in [0.2, 0.25) is 5.91 Å². The van der Waals surface area contributed by atoms with Crippen molar-refractivity contribution < 1.29 is 9.18 Å². The van der Waals surface area contributed by atoms with Gasteiger partial charge in [-0.3, -0.25) is 4.79 Å². The predicted molar refractivity (Wildman–Crippen MR) is 73.2 cm³/mol. The van der Waals surface area contributed by atoms with Crippen molar-refractivity contribution in [2.45, 2.75) is 25.8 Å². The smallest absolute Gasteiger partial charge is 0.244 e. The van der Waals surface area contributed by atoms with Crippen molar-refractivity contribution in [3.8, 4) is 0 Å². The first-order valence-electron chi connectivity index (χ1n) is 6.13. The Morgan fingerprint density at radius 3 is 3.00 bits per heavy atom. The monoisotopic (exact) mass is 314 g/mol. The van der Waals surface area contributed by atoms with Crippen LogP contribution in [0.5, 0.6) is 0 Å². The number of amides is 1. The van der Waals surface area contributed by atoms with Crippen LogP contribution in [0.2, 0.25) is 0 Å². The molecule has 1 unspecified atom stereocenters. The number of rotatable bonds is 4. The van der Waals surface area contributed by atoms with Gasteiger partial charge in [-0.1, -0.05) is 6.92 Å². The van der Waals surface area contributed by atoms with Gasteiger partial charge in [0.15, 0.2) is 0 Å². The largest absolute Gasteiger partial charge is 0.311 e. The zero-order valence-electron chi connectivity index (χ0n) is 10.2. The first kappa shape index (κ1) is 13.5. The Kier molecular flexibility index (Phi) is 4.35. The Bertz CT molecular complexity index is 453. The number of hydrogen-bond donors (Lipinski definition) is 1. The predicted octanol–water partition coefficient (Wildman–Crippen LogP) is 2.69. The number of hydrogen-bond acceptors (Lipinski definition) is 2. The maximum atomic E-state index is 13.2. The molecule has 0 bridgehead atoms. The number of carbonyl (C=O) groups excluding carboxylic acids is 1. The highest BCUT2D eigenvalue weighted by Crippen LogP contribution is 2.26. The third-order valence-corrected chi connectivity index (χ3v) is 3.67. The molecule has 1 aromatic rings. The number of anilines is 1. The maximum absolute atomic E-state index is 13.2. The molecular formula is C13H16BrFN2O. The van der Waals surface area contributed by atoms with Crippen molar-refractivity contribution in [2.24, 2.45) is 0 Å². The van der Waals surface area contributed by atoms with E-state index in [-0.39, 0.29) is 17.8 Å². The van der Waals surface area contributed by atoms with Crippen LogP contribution in [0.3, 0.4) is 0 Å². The van der Waals surface area contributed by atoms with E-state index in [2.05, 4.69) is 28.2 Å². The van der Waals surface area contributed by atoms with Crippen molar-refractivity contribution in [3.05, 3.63) is 28.5 Å². The Balaban J connectivity index is 2.10. The molecule has 1 atom stereocenters. The molecule has 0 aliphatic carbocycles. The molecule has 0 radical (unpaired) electrons. The summed E-state index contributed by atoms with van der Waals surface area (Å²) in [5.74, 6) is -0.243. The summed E-state index contributed by atoms with van der Waals surface area (Å²) in [5.41, 5.74) is 0.745. The van der Waals surface area contributed by atoms with Gasteiger partial charge in [0.25, 0.3) is 0 Å². The molecule has 1 N–H and O–H groups in total. The Hall–Kier alpha value is -0.940. The van der Waals surface area contributed by atoms with Crippen LogP contribution >= 0.6 is 15.9 Å². The SMILES string of the molecule is CCCNC1CCN(c2ccc(F)c(Br)c2)C1=O. The third kappa shape index (κ3) is 2.72. The van der Waals surface area contributed by atoms with E-state index >= 15 is 0 Å². The summed E-state index contributed by atoms with van der Waals surface area (Å²) in [6, 6.07) is 4.56. The van der Waals surface area contributed by atoms with Crippen LogP contribution < -0.4 is 10.2 Å². The lowest BCUT2D eigenvalue weighted by molar-refractivity contribution is -0.118. The molecule has 0 saturated carbocycles. The molecular weight excluding hydrogens is 299 g/mol. The Morgan fingerprint density at radius 1 is 1.56 bits per heavy atom. The van der Waals surface area contributed by atoms with E-state index < -0.39 is 0 Å². The highest BCUT2D eigenvalue weighted by atomic mass is 79.9. The lowest BCUT2D eigenvalue weighted by atomic mass is 10.2. The molecule has 1 aromatic carbocycles. The molecule has 1 aliphatic rings. The Morgan fingerprint density at radius 2 is 2.33 bits per heavy atom. The molecule has 1 heterocycles. The normalized spacial score (nSPS) is 19.6.